The third-order valence-electron chi connectivity index (χ3n) is 3.17. The highest BCUT2D eigenvalue weighted by Gasteiger charge is 2.25. The monoisotopic (exact) mass is 286 g/mol. The number of hydrogen-bond acceptors (Lipinski definition) is 4. The summed E-state index contributed by atoms with van der Waals surface area (Å²) in [5.41, 5.74) is 0.354. The molecular formula is C13H16F2N2O3. The summed E-state index contributed by atoms with van der Waals surface area (Å²) in [7, 11) is 0. The molecule has 1 aliphatic heterocycles. The second kappa shape index (κ2) is 6.62. The quantitative estimate of drug-likeness (QED) is 0.741. The van der Waals surface area contributed by atoms with Crippen LogP contribution >= 0.6 is 0 Å². The summed E-state index contributed by atoms with van der Waals surface area (Å²) in [5.74, 6) is -0.319. The molecule has 1 aliphatic rings. The molecule has 2 rings (SSSR count). The zero-order valence-corrected chi connectivity index (χ0v) is 10.7. The van der Waals surface area contributed by atoms with Crippen molar-refractivity contribution in [2.24, 2.45) is 5.92 Å². The minimum atomic E-state index is -2.88. The van der Waals surface area contributed by atoms with Crippen LogP contribution in [0.3, 0.4) is 0 Å². The number of carbonyl (C=O) groups excluding carboxylic acids is 1. The summed E-state index contributed by atoms with van der Waals surface area (Å²) in [6.45, 7) is -1.34. The van der Waals surface area contributed by atoms with Crippen LogP contribution in [0.1, 0.15) is 10.4 Å². The Bertz CT molecular complexity index is 453. The van der Waals surface area contributed by atoms with Crippen LogP contribution in [0, 0.1) is 5.92 Å². The van der Waals surface area contributed by atoms with Crippen molar-refractivity contribution in [3.8, 4) is 5.75 Å². The van der Waals surface area contributed by atoms with E-state index in [1.54, 1.807) is 0 Å². The third kappa shape index (κ3) is 3.88. The maximum absolute atomic E-state index is 12.0. The van der Waals surface area contributed by atoms with Gasteiger partial charge >= 0.3 is 6.61 Å². The molecule has 20 heavy (non-hydrogen) atoms. The van der Waals surface area contributed by atoms with Crippen molar-refractivity contribution in [2.75, 3.05) is 19.6 Å². The summed E-state index contributed by atoms with van der Waals surface area (Å²) in [4.78, 5) is 11.8. The lowest BCUT2D eigenvalue weighted by Gasteiger charge is -2.14. The molecule has 1 heterocycles. The van der Waals surface area contributed by atoms with Crippen LogP contribution < -0.4 is 15.4 Å². The van der Waals surface area contributed by atoms with Gasteiger partial charge in [0.05, 0.1) is 6.10 Å². The van der Waals surface area contributed by atoms with Crippen LogP contribution in [0.15, 0.2) is 24.3 Å². The lowest BCUT2D eigenvalue weighted by molar-refractivity contribution is -0.0498. The SMILES string of the molecule is O=C(NCC1CNCC1O)c1ccc(OC(F)F)cc1. The Hall–Kier alpha value is -1.73. The van der Waals surface area contributed by atoms with Gasteiger partial charge in [0.2, 0.25) is 0 Å². The van der Waals surface area contributed by atoms with Crippen molar-refractivity contribution >= 4 is 5.91 Å². The van der Waals surface area contributed by atoms with Crippen LogP contribution in [-0.2, 0) is 0 Å². The first kappa shape index (κ1) is 14.7. The van der Waals surface area contributed by atoms with E-state index in [9.17, 15) is 18.7 Å². The molecule has 1 saturated heterocycles. The first-order chi connectivity index (χ1) is 9.56. The maximum atomic E-state index is 12.0. The van der Waals surface area contributed by atoms with Gasteiger partial charge in [0.15, 0.2) is 0 Å². The number of carbonyl (C=O) groups is 1. The molecule has 1 amide bonds. The molecule has 1 aromatic rings. The van der Waals surface area contributed by atoms with E-state index in [1.165, 1.54) is 24.3 Å². The number of rotatable bonds is 5. The fourth-order valence-corrected chi connectivity index (χ4v) is 2.04. The highest BCUT2D eigenvalue weighted by atomic mass is 19.3. The number of β-amino-alcohol motifs (C(OH)–C–C–N with tert-alkyl or cyclic N) is 1. The highest BCUT2D eigenvalue weighted by Crippen LogP contribution is 2.15. The molecule has 110 valence electrons. The van der Waals surface area contributed by atoms with Gasteiger partial charge in [0.1, 0.15) is 5.75 Å². The van der Waals surface area contributed by atoms with Gasteiger partial charge in [0.25, 0.3) is 5.91 Å². The number of benzene rings is 1. The molecule has 0 radical (unpaired) electrons. The Balaban J connectivity index is 1.85. The van der Waals surface area contributed by atoms with E-state index in [2.05, 4.69) is 15.4 Å². The number of alkyl halides is 2. The van der Waals surface area contributed by atoms with Gasteiger partial charge in [-0.1, -0.05) is 0 Å². The summed E-state index contributed by atoms with van der Waals surface area (Å²) in [5, 5.41) is 15.3. The van der Waals surface area contributed by atoms with Gasteiger partial charge in [-0.3, -0.25) is 4.79 Å². The van der Waals surface area contributed by atoms with Crippen LogP contribution in [-0.4, -0.2) is 43.4 Å². The lowest BCUT2D eigenvalue weighted by atomic mass is 10.1. The summed E-state index contributed by atoms with van der Waals surface area (Å²) in [6, 6.07) is 5.45. The van der Waals surface area contributed by atoms with E-state index in [0.29, 0.717) is 25.2 Å². The Morgan fingerprint density at radius 2 is 2.10 bits per heavy atom. The first-order valence-electron chi connectivity index (χ1n) is 6.28. The van der Waals surface area contributed by atoms with E-state index >= 15 is 0 Å². The Labute approximate surface area is 114 Å². The fourth-order valence-electron chi connectivity index (χ4n) is 2.04. The number of ether oxygens (including phenoxy) is 1. The predicted octanol–water partition coefficient (Wildman–Crippen LogP) is 0.598. The first-order valence-corrected chi connectivity index (χ1v) is 6.28. The molecule has 2 unspecified atom stereocenters. The van der Waals surface area contributed by atoms with Gasteiger partial charge < -0.3 is 20.5 Å². The van der Waals surface area contributed by atoms with E-state index in [-0.39, 0.29) is 17.6 Å². The molecule has 1 aromatic carbocycles. The van der Waals surface area contributed by atoms with E-state index in [4.69, 9.17) is 0 Å². The molecule has 0 aromatic heterocycles. The lowest BCUT2D eigenvalue weighted by Crippen LogP contribution is -2.34. The van der Waals surface area contributed by atoms with Crippen molar-refractivity contribution in [2.45, 2.75) is 12.7 Å². The zero-order chi connectivity index (χ0) is 14.5. The summed E-state index contributed by atoms with van der Waals surface area (Å²) >= 11 is 0. The number of amides is 1. The number of aliphatic hydroxyl groups is 1. The molecule has 5 nitrogen and oxygen atoms in total. The number of halogens is 2. The second-order valence-electron chi connectivity index (χ2n) is 4.60. The molecule has 0 bridgehead atoms. The van der Waals surface area contributed by atoms with E-state index < -0.39 is 12.7 Å². The van der Waals surface area contributed by atoms with Crippen molar-refractivity contribution in [1.82, 2.24) is 10.6 Å². The van der Waals surface area contributed by atoms with E-state index in [1.807, 2.05) is 0 Å². The molecule has 2 atom stereocenters. The normalized spacial score (nSPS) is 22.0. The molecule has 1 fully saturated rings. The van der Waals surface area contributed by atoms with Crippen molar-refractivity contribution < 1.29 is 23.4 Å². The zero-order valence-electron chi connectivity index (χ0n) is 10.7. The van der Waals surface area contributed by atoms with Crippen LogP contribution in [0.25, 0.3) is 0 Å². The van der Waals surface area contributed by atoms with Crippen LogP contribution in [0.2, 0.25) is 0 Å². The highest BCUT2D eigenvalue weighted by molar-refractivity contribution is 5.94. The van der Waals surface area contributed by atoms with Crippen LogP contribution in [0.4, 0.5) is 8.78 Å². The molecular weight excluding hydrogens is 270 g/mol. The van der Waals surface area contributed by atoms with Gasteiger partial charge in [-0.25, -0.2) is 0 Å². The molecule has 0 spiro atoms. The molecule has 7 heteroatoms. The van der Waals surface area contributed by atoms with Crippen LogP contribution in [0.5, 0.6) is 5.75 Å². The number of nitrogens with one attached hydrogen (secondary N) is 2. The molecule has 0 aliphatic carbocycles. The average molecular weight is 286 g/mol. The van der Waals surface area contributed by atoms with Crippen molar-refractivity contribution in [3.05, 3.63) is 29.8 Å². The van der Waals surface area contributed by atoms with Crippen molar-refractivity contribution in [3.63, 3.8) is 0 Å². The average Bonchev–Trinajstić information content (AvgIpc) is 2.82. The number of hydrogen-bond donors (Lipinski definition) is 3. The minimum Gasteiger partial charge on any atom is -0.435 e. The minimum absolute atomic E-state index is 0.00645. The Kier molecular flexibility index (Phi) is 4.86. The second-order valence-corrected chi connectivity index (χ2v) is 4.60. The van der Waals surface area contributed by atoms with E-state index in [0.717, 1.165) is 0 Å². The fraction of sp³-hybridized carbons (Fsp3) is 0.462. The topological polar surface area (TPSA) is 70.6 Å². The molecule has 0 saturated carbocycles. The van der Waals surface area contributed by atoms with Gasteiger partial charge in [-0.2, -0.15) is 8.78 Å². The molecule has 3 N–H and O–H groups in total. The maximum Gasteiger partial charge on any atom is 0.387 e. The van der Waals surface area contributed by atoms with Gasteiger partial charge in [-0.15, -0.1) is 0 Å². The van der Waals surface area contributed by atoms with Gasteiger partial charge in [-0.05, 0) is 24.3 Å². The largest absolute Gasteiger partial charge is 0.435 e. The van der Waals surface area contributed by atoms with Gasteiger partial charge in [0, 0.05) is 31.1 Å². The summed E-state index contributed by atoms with van der Waals surface area (Å²) in [6.07, 6.45) is -0.461. The Morgan fingerprint density at radius 3 is 2.65 bits per heavy atom. The summed E-state index contributed by atoms with van der Waals surface area (Å²) < 4.78 is 28.2. The smallest absolute Gasteiger partial charge is 0.387 e. The number of aliphatic hydroxyl groups excluding tert-OH is 1. The Morgan fingerprint density at radius 1 is 1.40 bits per heavy atom. The third-order valence-corrected chi connectivity index (χ3v) is 3.17. The predicted molar refractivity (Wildman–Crippen MR) is 67.8 cm³/mol. The van der Waals surface area contributed by atoms with Crippen molar-refractivity contribution in [1.29, 1.82) is 0 Å². The standard InChI is InChI=1S/C13H16F2N2O3/c14-13(15)20-10-3-1-8(2-4-10)12(19)17-6-9-5-16-7-11(9)18/h1-4,9,11,13,16,18H,5-7H2,(H,17,19).